The van der Waals surface area contributed by atoms with Crippen molar-refractivity contribution < 1.29 is 24.3 Å². The number of nitrogens with one attached hydrogen (secondary N) is 1. The van der Waals surface area contributed by atoms with Crippen molar-refractivity contribution in [1.29, 1.82) is 0 Å². The number of nitrogens with two attached hydrogens (primary N) is 1. The molecule has 0 aliphatic carbocycles. The van der Waals surface area contributed by atoms with E-state index in [4.69, 9.17) is 10.6 Å². The molecule has 3 aliphatic rings. The van der Waals surface area contributed by atoms with Crippen molar-refractivity contribution in [2.24, 2.45) is 5.16 Å². The quantitative estimate of drug-likeness (QED) is 0.296. The summed E-state index contributed by atoms with van der Waals surface area (Å²) < 4.78 is 0.0431. The number of thioether (sulfide) groups is 3. The molecule has 2 fully saturated rings. The van der Waals surface area contributed by atoms with Gasteiger partial charge in [-0.3, -0.25) is 14.5 Å². The van der Waals surface area contributed by atoms with Gasteiger partial charge in [0.1, 0.15) is 29.9 Å². The molecule has 2 amide bonds. The normalized spacial score (nSPS) is 24.5. The van der Waals surface area contributed by atoms with Crippen molar-refractivity contribution in [3.8, 4) is 0 Å². The number of β-lactam (4-membered cyclic amide) rings is 1. The number of fused-ring (bicyclic) bond motifs is 1. The lowest BCUT2D eigenvalue weighted by Crippen LogP contribution is -2.71. The first-order chi connectivity index (χ1) is 14.4. The first-order valence-corrected chi connectivity index (χ1v) is 12.7. The number of carboxylic acids is 1. The average molecular weight is 488 g/mol. The smallest absolute Gasteiger partial charge is 0.352 e. The first-order valence-electron chi connectivity index (χ1n) is 8.70. The molecule has 4 heterocycles. The van der Waals surface area contributed by atoms with E-state index in [1.807, 2.05) is 0 Å². The highest BCUT2D eigenvalue weighted by Gasteiger charge is 2.55. The van der Waals surface area contributed by atoms with E-state index in [-0.39, 0.29) is 26.8 Å². The second-order valence-corrected chi connectivity index (χ2v) is 11.0. The lowest BCUT2D eigenvalue weighted by molar-refractivity contribution is -0.150. The van der Waals surface area contributed by atoms with Crippen molar-refractivity contribution in [2.45, 2.75) is 16.0 Å². The number of amides is 2. The molecule has 1 aromatic rings. The Kier molecular flexibility index (Phi) is 6.18. The number of nitrogen functional groups attached to an aromatic ring is 1. The first kappa shape index (κ1) is 21.3. The Bertz CT molecular complexity index is 958. The Balaban J connectivity index is 1.53. The van der Waals surface area contributed by atoms with Gasteiger partial charge in [0, 0.05) is 22.6 Å². The summed E-state index contributed by atoms with van der Waals surface area (Å²) in [5.41, 5.74) is 6.55. The van der Waals surface area contributed by atoms with Crippen molar-refractivity contribution in [2.75, 3.05) is 30.1 Å². The number of hydrogen-bond donors (Lipinski definition) is 3. The van der Waals surface area contributed by atoms with Crippen molar-refractivity contribution in [1.82, 2.24) is 15.2 Å². The van der Waals surface area contributed by atoms with Crippen molar-refractivity contribution in [3.63, 3.8) is 0 Å². The summed E-state index contributed by atoms with van der Waals surface area (Å²) >= 11 is 5.98. The Morgan fingerprint density at radius 1 is 1.37 bits per heavy atom. The molecule has 0 unspecified atom stereocenters. The summed E-state index contributed by atoms with van der Waals surface area (Å²) in [5, 5.41) is 17.4. The maximum Gasteiger partial charge on any atom is 0.352 e. The van der Waals surface area contributed by atoms with Gasteiger partial charge in [0.25, 0.3) is 11.8 Å². The van der Waals surface area contributed by atoms with Crippen LogP contribution in [-0.4, -0.2) is 78.9 Å². The largest absolute Gasteiger partial charge is 0.477 e. The Morgan fingerprint density at radius 3 is 2.70 bits per heavy atom. The van der Waals surface area contributed by atoms with Crippen LogP contribution < -0.4 is 11.1 Å². The number of carboxylic acid groups (broad SMARTS) is 1. The third kappa shape index (κ3) is 3.76. The van der Waals surface area contributed by atoms with Crippen LogP contribution in [0.25, 0.3) is 0 Å². The average Bonchev–Trinajstić information content (AvgIpc) is 3.40. The minimum Gasteiger partial charge on any atom is -0.477 e. The van der Waals surface area contributed by atoms with E-state index in [2.05, 4.69) is 15.5 Å². The molecule has 30 heavy (non-hydrogen) atoms. The zero-order valence-corrected chi connectivity index (χ0v) is 18.8. The second-order valence-electron chi connectivity index (χ2n) is 6.31. The number of carbonyl (C=O) groups excluding carboxylic acids is 2. The fourth-order valence-electron chi connectivity index (χ4n) is 3.29. The number of anilines is 1. The van der Waals surface area contributed by atoms with E-state index in [0.717, 1.165) is 28.4 Å². The zero-order valence-electron chi connectivity index (χ0n) is 15.6. The number of nitrogens with zero attached hydrogens (tertiary/aromatic N) is 3. The number of hydrogen-bond acceptors (Lipinski definition) is 11. The third-order valence-electron chi connectivity index (χ3n) is 4.56. The van der Waals surface area contributed by atoms with Crippen molar-refractivity contribution >= 4 is 75.2 Å². The number of carbonyl (C=O) groups is 3. The van der Waals surface area contributed by atoms with Crippen LogP contribution in [0, 0.1) is 0 Å². The Hall–Kier alpha value is -1.90. The fraction of sp³-hybridized carbons (Fsp3) is 0.438. The van der Waals surface area contributed by atoms with Gasteiger partial charge < -0.3 is 21.0 Å². The molecule has 0 saturated carbocycles. The summed E-state index contributed by atoms with van der Waals surface area (Å²) in [5.74, 6) is 0.174. The van der Waals surface area contributed by atoms with E-state index in [1.165, 1.54) is 23.8 Å². The van der Waals surface area contributed by atoms with Gasteiger partial charge in [0.15, 0.2) is 10.8 Å². The van der Waals surface area contributed by atoms with E-state index < -0.39 is 29.2 Å². The summed E-state index contributed by atoms with van der Waals surface area (Å²) in [4.78, 5) is 47.5. The van der Waals surface area contributed by atoms with Gasteiger partial charge in [0.05, 0.1) is 4.58 Å². The van der Waals surface area contributed by atoms with Crippen molar-refractivity contribution in [3.05, 3.63) is 22.3 Å². The molecule has 0 spiro atoms. The van der Waals surface area contributed by atoms with Crippen LogP contribution in [0.1, 0.15) is 5.69 Å². The van der Waals surface area contributed by atoms with Gasteiger partial charge in [-0.1, -0.05) is 5.16 Å². The summed E-state index contributed by atoms with van der Waals surface area (Å²) in [6, 6.07) is -0.861. The van der Waals surface area contributed by atoms with E-state index >= 15 is 0 Å². The fourth-order valence-corrected chi connectivity index (χ4v) is 8.39. The molecule has 2 atom stereocenters. The van der Waals surface area contributed by atoms with E-state index in [0.29, 0.717) is 5.75 Å². The van der Waals surface area contributed by atoms with Gasteiger partial charge in [-0.25, -0.2) is 9.78 Å². The molecule has 4 N–H and O–H groups in total. The molecular formula is C16H17N5O5S4. The molecule has 4 rings (SSSR count). The number of thiazole rings is 1. The summed E-state index contributed by atoms with van der Waals surface area (Å²) in [7, 11) is 1.29. The molecule has 14 heteroatoms. The lowest BCUT2D eigenvalue weighted by atomic mass is 10.0. The number of aliphatic carboxylic acids is 1. The predicted octanol–water partition coefficient (Wildman–Crippen LogP) is 0.621. The minimum absolute atomic E-state index is 0.0409. The maximum absolute atomic E-state index is 12.8. The van der Waals surface area contributed by atoms with E-state index in [9.17, 15) is 19.5 Å². The standard InChI is InChI=1S/C16H17N5O5S4/c1-26-20-8(7-5-30-16(17)18-7)11(22)19-9-12(23)21-10(14(24)25)6(4-29-13(9)21)15-27-2-3-28-15/h5,9,13,15H,2-4H2,1H3,(H2,17,18)(H,19,22)(H,24,25)/b20-8+/t9-,13-/m1/s1. The van der Waals surface area contributed by atoms with Crippen LogP contribution >= 0.6 is 46.6 Å². The Labute approximate surface area is 188 Å². The van der Waals surface area contributed by atoms with Crippen LogP contribution in [0.3, 0.4) is 0 Å². The SMILES string of the molecule is CO/N=C(/C(=O)N[C@@H]1C(=O)N2C(C(=O)O)=C(C3SCCS3)CS[C@H]12)c1csc(N)n1. The van der Waals surface area contributed by atoms with Crippen LogP contribution in [0.2, 0.25) is 0 Å². The molecule has 160 valence electrons. The van der Waals surface area contributed by atoms with E-state index in [1.54, 1.807) is 28.9 Å². The van der Waals surface area contributed by atoms with Crippen LogP contribution in [-0.2, 0) is 19.2 Å². The number of aromatic nitrogens is 1. The monoisotopic (exact) mass is 487 g/mol. The molecule has 1 aromatic heterocycles. The minimum atomic E-state index is -1.12. The lowest BCUT2D eigenvalue weighted by Gasteiger charge is -2.49. The van der Waals surface area contributed by atoms with Crippen LogP contribution in [0.4, 0.5) is 5.13 Å². The topological polar surface area (TPSA) is 147 Å². The highest BCUT2D eigenvalue weighted by molar-refractivity contribution is 8.20. The molecule has 0 radical (unpaired) electrons. The maximum atomic E-state index is 12.8. The number of rotatable bonds is 6. The number of oxime groups is 1. The molecule has 0 bridgehead atoms. The van der Waals surface area contributed by atoms with Gasteiger partial charge in [0.2, 0.25) is 0 Å². The van der Waals surface area contributed by atoms with Gasteiger partial charge in [-0.2, -0.15) is 0 Å². The molecule has 2 saturated heterocycles. The molecule has 10 nitrogen and oxygen atoms in total. The second kappa shape index (κ2) is 8.69. The summed E-state index contributed by atoms with van der Waals surface area (Å²) in [6.45, 7) is 0. The van der Waals surface area contributed by atoms with Gasteiger partial charge in [-0.15, -0.1) is 46.6 Å². The molecular weight excluding hydrogens is 470 g/mol. The molecule has 0 aromatic carbocycles. The summed E-state index contributed by atoms with van der Waals surface area (Å²) in [6.07, 6.45) is 0. The van der Waals surface area contributed by atoms with Gasteiger partial charge >= 0.3 is 5.97 Å². The molecule has 3 aliphatic heterocycles. The zero-order chi connectivity index (χ0) is 21.4. The van der Waals surface area contributed by atoms with Crippen LogP contribution in [0.15, 0.2) is 21.8 Å². The predicted molar refractivity (Wildman–Crippen MR) is 118 cm³/mol. The Morgan fingerprint density at radius 2 is 2.10 bits per heavy atom. The highest BCUT2D eigenvalue weighted by atomic mass is 32.2. The third-order valence-corrected chi connectivity index (χ3v) is 9.66. The highest BCUT2D eigenvalue weighted by Crippen LogP contribution is 2.47. The van der Waals surface area contributed by atoms with Gasteiger partial charge in [-0.05, 0) is 5.57 Å². The van der Waals surface area contributed by atoms with Crippen LogP contribution in [0.5, 0.6) is 0 Å².